The Bertz CT molecular complexity index is 1050. The van der Waals surface area contributed by atoms with Gasteiger partial charge in [-0.2, -0.15) is 0 Å². The number of nitrogens with zero attached hydrogens (tertiary/aromatic N) is 3. The van der Waals surface area contributed by atoms with Crippen LogP contribution in [0.2, 0.25) is 0 Å². The summed E-state index contributed by atoms with van der Waals surface area (Å²) in [5, 5.41) is 0. The van der Waals surface area contributed by atoms with E-state index in [9.17, 15) is 9.59 Å². The van der Waals surface area contributed by atoms with Crippen LogP contribution in [0.3, 0.4) is 0 Å². The number of rotatable bonds is 9. The third kappa shape index (κ3) is 5.30. The third-order valence-corrected chi connectivity index (χ3v) is 7.25. The van der Waals surface area contributed by atoms with E-state index in [1.807, 2.05) is 41.3 Å². The number of carbonyl (C=O) groups is 2. The van der Waals surface area contributed by atoms with Crippen LogP contribution in [0.15, 0.2) is 48.5 Å². The van der Waals surface area contributed by atoms with Gasteiger partial charge in [0.15, 0.2) is 0 Å². The minimum Gasteiger partial charge on any atom is -0.497 e. The van der Waals surface area contributed by atoms with Crippen LogP contribution in [0.4, 0.5) is 4.79 Å². The average molecular weight is 480 g/mol. The van der Waals surface area contributed by atoms with Gasteiger partial charge in [0.05, 0.1) is 20.8 Å². The van der Waals surface area contributed by atoms with Crippen molar-refractivity contribution in [3.05, 3.63) is 59.7 Å². The lowest BCUT2D eigenvalue weighted by atomic mass is 9.85. The SMILES string of the molecule is COc1cccc(CN2CCC3(CC2)C(=O)N(Cc2cccc(OC)c2)C(=O)N3CCC(C)C)c1. The molecule has 2 aromatic carbocycles. The molecule has 4 rings (SSSR count). The minimum absolute atomic E-state index is 0.0601. The molecule has 0 aliphatic carbocycles. The molecule has 2 aromatic rings. The summed E-state index contributed by atoms with van der Waals surface area (Å²) < 4.78 is 10.7. The molecule has 0 saturated carbocycles. The molecule has 0 radical (unpaired) electrons. The lowest BCUT2D eigenvalue weighted by molar-refractivity contribution is -0.136. The molecule has 35 heavy (non-hydrogen) atoms. The van der Waals surface area contributed by atoms with Crippen molar-refractivity contribution in [1.29, 1.82) is 0 Å². The van der Waals surface area contributed by atoms with E-state index in [0.717, 1.165) is 43.1 Å². The van der Waals surface area contributed by atoms with Gasteiger partial charge in [0.25, 0.3) is 5.91 Å². The summed E-state index contributed by atoms with van der Waals surface area (Å²) >= 11 is 0. The van der Waals surface area contributed by atoms with Crippen molar-refractivity contribution >= 4 is 11.9 Å². The van der Waals surface area contributed by atoms with Crippen molar-refractivity contribution in [3.63, 3.8) is 0 Å². The fourth-order valence-electron chi connectivity index (χ4n) is 5.17. The van der Waals surface area contributed by atoms with Crippen LogP contribution in [-0.2, 0) is 17.9 Å². The molecule has 0 atom stereocenters. The number of piperidine rings is 1. The highest BCUT2D eigenvalue weighted by molar-refractivity contribution is 6.07. The molecule has 0 unspecified atom stereocenters. The normalized spacial score (nSPS) is 18.1. The molecular weight excluding hydrogens is 442 g/mol. The Kier molecular flexibility index (Phi) is 7.65. The lowest BCUT2D eigenvalue weighted by Gasteiger charge is -2.42. The number of imide groups is 1. The van der Waals surface area contributed by atoms with Gasteiger partial charge in [-0.15, -0.1) is 0 Å². The molecule has 2 heterocycles. The van der Waals surface area contributed by atoms with E-state index in [0.29, 0.717) is 25.3 Å². The van der Waals surface area contributed by atoms with Crippen molar-refractivity contribution in [1.82, 2.24) is 14.7 Å². The summed E-state index contributed by atoms with van der Waals surface area (Å²) in [6.45, 7) is 7.51. The second-order valence-electron chi connectivity index (χ2n) is 10.0. The quantitative estimate of drug-likeness (QED) is 0.494. The van der Waals surface area contributed by atoms with Gasteiger partial charge in [0, 0.05) is 26.2 Å². The third-order valence-electron chi connectivity index (χ3n) is 7.25. The number of ether oxygens (including phenoxy) is 2. The molecular formula is C28H37N3O4. The Balaban J connectivity index is 1.51. The summed E-state index contributed by atoms with van der Waals surface area (Å²) in [5.41, 5.74) is 1.32. The number of benzene rings is 2. The zero-order valence-corrected chi connectivity index (χ0v) is 21.3. The first kappa shape index (κ1) is 25.0. The first-order valence-corrected chi connectivity index (χ1v) is 12.5. The fourth-order valence-corrected chi connectivity index (χ4v) is 5.17. The zero-order chi connectivity index (χ0) is 25.0. The zero-order valence-electron chi connectivity index (χ0n) is 21.3. The standard InChI is InChI=1S/C28H37N3O4/c1-21(2)11-14-31-27(33)30(20-23-8-6-10-25(18-23)35-4)26(32)28(31)12-15-29(16-13-28)19-22-7-5-9-24(17-22)34-3/h5-10,17-18,21H,11-16,19-20H2,1-4H3. The fraction of sp³-hybridized carbons (Fsp3) is 0.500. The molecule has 0 aromatic heterocycles. The summed E-state index contributed by atoms with van der Waals surface area (Å²) in [5.74, 6) is 1.96. The van der Waals surface area contributed by atoms with Gasteiger partial charge in [-0.3, -0.25) is 14.6 Å². The van der Waals surface area contributed by atoms with Gasteiger partial charge in [-0.05, 0) is 60.6 Å². The van der Waals surface area contributed by atoms with Crippen LogP contribution >= 0.6 is 0 Å². The van der Waals surface area contributed by atoms with E-state index in [4.69, 9.17) is 9.47 Å². The predicted octanol–water partition coefficient (Wildman–Crippen LogP) is 4.55. The number of hydrogen-bond donors (Lipinski definition) is 0. The van der Waals surface area contributed by atoms with Crippen LogP contribution in [0.1, 0.15) is 44.2 Å². The van der Waals surface area contributed by atoms with Crippen LogP contribution < -0.4 is 9.47 Å². The van der Waals surface area contributed by atoms with E-state index < -0.39 is 5.54 Å². The average Bonchev–Trinajstić information content (AvgIpc) is 3.05. The van der Waals surface area contributed by atoms with Crippen LogP contribution in [0, 0.1) is 5.92 Å². The van der Waals surface area contributed by atoms with Crippen LogP contribution in [-0.4, -0.2) is 66.0 Å². The van der Waals surface area contributed by atoms with E-state index in [1.54, 1.807) is 14.2 Å². The van der Waals surface area contributed by atoms with Gasteiger partial charge in [-0.1, -0.05) is 38.1 Å². The molecule has 3 amide bonds. The molecule has 2 aliphatic rings. The molecule has 0 N–H and O–H groups in total. The summed E-state index contributed by atoms with van der Waals surface area (Å²) in [4.78, 5) is 33.1. The van der Waals surface area contributed by atoms with Gasteiger partial charge in [0.2, 0.25) is 0 Å². The maximum Gasteiger partial charge on any atom is 0.327 e. The summed E-state index contributed by atoms with van der Waals surface area (Å²) in [7, 11) is 3.29. The van der Waals surface area contributed by atoms with Gasteiger partial charge in [-0.25, -0.2) is 4.79 Å². The van der Waals surface area contributed by atoms with Crippen LogP contribution in [0.25, 0.3) is 0 Å². The number of likely N-dealkylation sites (tertiary alicyclic amines) is 1. The number of carbonyl (C=O) groups excluding carboxylic acids is 2. The summed E-state index contributed by atoms with van der Waals surface area (Å²) in [6, 6.07) is 15.5. The monoisotopic (exact) mass is 479 g/mol. The molecule has 7 heteroatoms. The first-order valence-electron chi connectivity index (χ1n) is 12.5. The Morgan fingerprint density at radius 2 is 1.46 bits per heavy atom. The summed E-state index contributed by atoms with van der Waals surface area (Å²) in [6.07, 6.45) is 2.17. The van der Waals surface area contributed by atoms with Crippen molar-refractivity contribution < 1.29 is 19.1 Å². The van der Waals surface area contributed by atoms with Crippen molar-refractivity contribution in [2.45, 2.75) is 51.7 Å². The lowest BCUT2D eigenvalue weighted by Crippen LogP contribution is -2.56. The number of urea groups is 1. The molecule has 0 bridgehead atoms. The molecule has 2 fully saturated rings. The van der Waals surface area contributed by atoms with Gasteiger partial charge < -0.3 is 14.4 Å². The largest absolute Gasteiger partial charge is 0.497 e. The van der Waals surface area contributed by atoms with Crippen LogP contribution in [0.5, 0.6) is 11.5 Å². The van der Waals surface area contributed by atoms with Crippen molar-refractivity contribution in [2.75, 3.05) is 33.9 Å². The Hall–Kier alpha value is -3.06. The number of amides is 3. The minimum atomic E-state index is -0.754. The molecule has 1 spiro atoms. The number of hydrogen-bond acceptors (Lipinski definition) is 5. The topological polar surface area (TPSA) is 62.3 Å². The van der Waals surface area contributed by atoms with Gasteiger partial charge in [0.1, 0.15) is 17.0 Å². The van der Waals surface area contributed by atoms with Crippen molar-refractivity contribution in [2.24, 2.45) is 5.92 Å². The van der Waals surface area contributed by atoms with E-state index >= 15 is 0 Å². The second-order valence-corrected chi connectivity index (χ2v) is 10.0. The Morgan fingerprint density at radius 1 is 0.886 bits per heavy atom. The Labute approximate surface area is 208 Å². The van der Waals surface area contributed by atoms with Crippen molar-refractivity contribution in [3.8, 4) is 11.5 Å². The number of methoxy groups -OCH3 is 2. The maximum absolute atomic E-state index is 13.9. The van der Waals surface area contributed by atoms with E-state index in [2.05, 4.69) is 30.9 Å². The van der Waals surface area contributed by atoms with E-state index in [1.165, 1.54) is 10.5 Å². The van der Waals surface area contributed by atoms with Gasteiger partial charge >= 0.3 is 6.03 Å². The highest BCUT2D eigenvalue weighted by atomic mass is 16.5. The Morgan fingerprint density at radius 3 is 2.00 bits per heavy atom. The maximum atomic E-state index is 13.9. The molecule has 188 valence electrons. The predicted molar refractivity (Wildman–Crippen MR) is 135 cm³/mol. The van der Waals surface area contributed by atoms with E-state index in [-0.39, 0.29) is 18.5 Å². The smallest absolute Gasteiger partial charge is 0.327 e. The first-order chi connectivity index (χ1) is 16.9. The molecule has 7 nitrogen and oxygen atoms in total. The highest BCUT2D eigenvalue weighted by Gasteiger charge is 2.57. The molecule has 2 saturated heterocycles. The molecule has 2 aliphatic heterocycles. The second kappa shape index (κ2) is 10.7. The highest BCUT2D eigenvalue weighted by Crippen LogP contribution is 2.39.